The molecule has 0 saturated heterocycles. The van der Waals surface area contributed by atoms with Gasteiger partial charge in [-0.15, -0.1) is 0 Å². The molecule has 0 amide bonds. The van der Waals surface area contributed by atoms with Gasteiger partial charge in [0.2, 0.25) is 0 Å². The smallest absolute Gasteiger partial charge is 0.164 e. The highest BCUT2D eigenvalue weighted by atomic mass is 16.5. The van der Waals surface area contributed by atoms with E-state index in [1.165, 1.54) is 12.3 Å². The Morgan fingerprint density at radius 3 is 2.26 bits per heavy atom. The van der Waals surface area contributed by atoms with Crippen LogP contribution in [0.1, 0.15) is 18.1 Å². The minimum Gasteiger partial charge on any atom is -0.496 e. The Labute approximate surface area is 111 Å². The second-order valence-corrected chi connectivity index (χ2v) is 4.05. The number of methoxy groups -OCH3 is 3. The fraction of sp³-hybridized carbons (Fsp3) is 0.357. The molecular formula is C14H16O5. The molecule has 19 heavy (non-hydrogen) atoms. The molecule has 5 heteroatoms. The van der Waals surface area contributed by atoms with Crippen LogP contribution in [-0.2, 0) is 9.53 Å². The number of rotatable bonds is 4. The van der Waals surface area contributed by atoms with Crippen molar-refractivity contribution in [2.45, 2.75) is 12.5 Å². The van der Waals surface area contributed by atoms with Crippen LogP contribution in [0.15, 0.2) is 24.5 Å². The summed E-state index contributed by atoms with van der Waals surface area (Å²) < 4.78 is 21.3. The quantitative estimate of drug-likeness (QED) is 0.835. The summed E-state index contributed by atoms with van der Waals surface area (Å²) in [6.45, 7) is 0. The van der Waals surface area contributed by atoms with Crippen molar-refractivity contribution in [2.24, 2.45) is 0 Å². The number of carbonyl (C=O) groups excluding carboxylic acids is 1. The van der Waals surface area contributed by atoms with Gasteiger partial charge in [-0.25, -0.2) is 0 Å². The zero-order chi connectivity index (χ0) is 13.8. The van der Waals surface area contributed by atoms with E-state index >= 15 is 0 Å². The zero-order valence-electron chi connectivity index (χ0n) is 11.1. The lowest BCUT2D eigenvalue weighted by Gasteiger charge is -2.22. The van der Waals surface area contributed by atoms with Gasteiger partial charge in [0, 0.05) is 17.7 Å². The predicted molar refractivity (Wildman–Crippen MR) is 68.7 cm³/mol. The highest BCUT2D eigenvalue weighted by molar-refractivity contribution is 5.90. The Balaban J connectivity index is 2.43. The molecule has 5 nitrogen and oxygen atoms in total. The Morgan fingerprint density at radius 1 is 1.05 bits per heavy atom. The molecule has 2 rings (SSSR count). The van der Waals surface area contributed by atoms with Gasteiger partial charge in [-0.2, -0.15) is 0 Å². The van der Waals surface area contributed by atoms with Gasteiger partial charge in [0.25, 0.3) is 0 Å². The highest BCUT2D eigenvalue weighted by Gasteiger charge is 2.24. The van der Waals surface area contributed by atoms with E-state index in [2.05, 4.69) is 0 Å². The number of benzene rings is 1. The topological polar surface area (TPSA) is 54.0 Å². The van der Waals surface area contributed by atoms with Crippen LogP contribution >= 0.6 is 0 Å². The van der Waals surface area contributed by atoms with Gasteiger partial charge in [0.15, 0.2) is 17.3 Å². The fourth-order valence-electron chi connectivity index (χ4n) is 2.00. The molecule has 102 valence electrons. The minimum absolute atomic E-state index is 0.0214. The number of hydrogen-bond acceptors (Lipinski definition) is 5. The second kappa shape index (κ2) is 5.65. The van der Waals surface area contributed by atoms with E-state index in [0.29, 0.717) is 17.2 Å². The second-order valence-electron chi connectivity index (χ2n) is 4.05. The summed E-state index contributed by atoms with van der Waals surface area (Å²) in [5.41, 5.74) is 0.762. The van der Waals surface area contributed by atoms with Crippen LogP contribution in [0, 0.1) is 0 Å². The SMILES string of the molecule is COc1cc(OC)c(C2CC(=O)C=CO2)cc1OC. The molecular weight excluding hydrogens is 248 g/mol. The summed E-state index contributed by atoms with van der Waals surface area (Å²) in [6.07, 6.45) is 2.74. The molecule has 1 aliphatic rings. The first-order valence-corrected chi connectivity index (χ1v) is 5.84. The average Bonchev–Trinajstić information content (AvgIpc) is 2.45. The van der Waals surface area contributed by atoms with E-state index < -0.39 is 0 Å². The highest BCUT2D eigenvalue weighted by Crippen LogP contribution is 2.40. The van der Waals surface area contributed by atoms with Crippen LogP contribution in [0.2, 0.25) is 0 Å². The van der Waals surface area contributed by atoms with Crippen molar-refractivity contribution in [1.82, 2.24) is 0 Å². The molecule has 1 aromatic rings. The first kappa shape index (κ1) is 13.3. The molecule has 1 aliphatic heterocycles. The predicted octanol–water partition coefficient (Wildman–Crippen LogP) is 2.26. The maximum Gasteiger partial charge on any atom is 0.164 e. The standard InChI is InChI=1S/C14H16O5/c1-16-11-8-14(18-3)13(17-2)7-10(11)12-6-9(15)4-5-19-12/h4-5,7-8,12H,6H2,1-3H3. The average molecular weight is 264 g/mol. The molecule has 1 atom stereocenters. The Morgan fingerprint density at radius 2 is 1.68 bits per heavy atom. The summed E-state index contributed by atoms with van der Waals surface area (Å²) in [4.78, 5) is 11.5. The van der Waals surface area contributed by atoms with E-state index in [1.807, 2.05) is 0 Å². The molecule has 0 radical (unpaired) electrons. The van der Waals surface area contributed by atoms with Crippen molar-refractivity contribution in [2.75, 3.05) is 21.3 Å². The van der Waals surface area contributed by atoms with Gasteiger partial charge in [0.1, 0.15) is 11.9 Å². The minimum atomic E-state index is -0.368. The van der Waals surface area contributed by atoms with Crippen LogP contribution in [0.25, 0.3) is 0 Å². The third-order valence-electron chi connectivity index (χ3n) is 2.97. The number of allylic oxidation sites excluding steroid dienone is 1. The van der Waals surface area contributed by atoms with Crippen molar-refractivity contribution < 1.29 is 23.7 Å². The van der Waals surface area contributed by atoms with E-state index in [4.69, 9.17) is 18.9 Å². The molecule has 0 aromatic heterocycles. The third kappa shape index (κ3) is 2.65. The first-order chi connectivity index (χ1) is 9.19. The van der Waals surface area contributed by atoms with E-state index in [1.54, 1.807) is 33.5 Å². The van der Waals surface area contributed by atoms with Crippen molar-refractivity contribution in [3.8, 4) is 17.2 Å². The van der Waals surface area contributed by atoms with Gasteiger partial charge < -0.3 is 18.9 Å². The van der Waals surface area contributed by atoms with Gasteiger partial charge >= 0.3 is 0 Å². The largest absolute Gasteiger partial charge is 0.496 e. The van der Waals surface area contributed by atoms with Gasteiger partial charge in [-0.1, -0.05) is 0 Å². The summed E-state index contributed by atoms with van der Waals surface area (Å²) >= 11 is 0. The van der Waals surface area contributed by atoms with Gasteiger partial charge in [-0.3, -0.25) is 4.79 Å². The van der Waals surface area contributed by atoms with Crippen LogP contribution in [0.5, 0.6) is 17.2 Å². The Hall–Kier alpha value is -2.17. The lowest BCUT2D eigenvalue weighted by Crippen LogP contribution is -2.12. The lowest BCUT2D eigenvalue weighted by molar-refractivity contribution is -0.118. The number of carbonyl (C=O) groups is 1. The molecule has 0 bridgehead atoms. The molecule has 1 heterocycles. The van der Waals surface area contributed by atoms with Crippen molar-refractivity contribution in [1.29, 1.82) is 0 Å². The lowest BCUT2D eigenvalue weighted by atomic mass is 10.0. The Kier molecular flexibility index (Phi) is 3.94. The summed E-state index contributed by atoms with van der Waals surface area (Å²) in [5, 5.41) is 0. The molecule has 0 aliphatic carbocycles. The van der Waals surface area contributed by atoms with Crippen LogP contribution in [0.4, 0.5) is 0 Å². The molecule has 1 aromatic carbocycles. The van der Waals surface area contributed by atoms with E-state index in [9.17, 15) is 4.79 Å². The third-order valence-corrected chi connectivity index (χ3v) is 2.97. The molecule has 0 fully saturated rings. The number of ether oxygens (including phenoxy) is 4. The Bertz CT molecular complexity index is 507. The normalized spacial score (nSPS) is 17.8. The first-order valence-electron chi connectivity index (χ1n) is 5.84. The number of ketones is 1. The fourth-order valence-corrected chi connectivity index (χ4v) is 2.00. The van der Waals surface area contributed by atoms with Crippen LogP contribution < -0.4 is 14.2 Å². The van der Waals surface area contributed by atoms with Gasteiger partial charge in [-0.05, 0) is 6.07 Å². The molecule has 0 spiro atoms. The molecule has 1 unspecified atom stereocenters. The zero-order valence-corrected chi connectivity index (χ0v) is 11.1. The summed E-state index contributed by atoms with van der Waals surface area (Å²) in [6, 6.07) is 3.50. The monoisotopic (exact) mass is 264 g/mol. The summed E-state index contributed by atoms with van der Waals surface area (Å²) in [7, 11) is 4.67. The van der Waals surface area contributed by atoms with Crippen LogP contribution in [-0.4, -0.2) is 27.1 Å². The van der Waals surface area contributed by atoms with Crippen molar-refractivity contribution in [3.05, 3.63) is 30.0 Å². The van der Waals surface area contributed by atoms with Crippen molar-refractivity contribution in [3.63, 3.8) is 0 Å². The molecule has 0 N–H and O–H groups in total. The maximum absolute atomic E-state index is 11.5. The number of hydrogen-bond donors (Lipinski definition) is 0. The van der Waals surface area contributed by atoms with Crippen LogP contribution in [0.3, 0.4) is 0 Å². The van der Waals surface area contributed by atoms with E-state index in [-0.39, 0.29) is 18.3 Å². The summed E-state index contributed by atoms with van der Waals surface area (Å²) in [5.74, 6) is 1.77. The van der Waals surface area contributed by atoms with Gasteiger partial charge in [0.05, 0.1) is 34.0 Å². The van der Waals surface area contributed by atoms with Crippen molar-refractivity contribution >= 4 is 5.78 Å². The maximum atomic E-state index is 11.5. The van der Waals surface area contributed by atoms with E-state index in [0.717, 1.165) is 5.56 Å². The molecule has 0 saturated carbocycles.